The van der Waals surface area contributed by atoms with Crippen LogP contribution in [0.4, 0.5) is 0 Å². The fourth-order valence-corrected chi connectivity index (χ4v) is 2.14. The van der Waals surface area contributed by atoms with Crippen molar-refractivity contribution in [2.24, 2.45) is 5.92 Å². The van der Waals surface area contributed by atoms with E-state index in [1.807, 2.05) is 11.8 Å². The summed E-state index contributed by atoms with van der Waals surface area (Å²) in [6, 6.07) is 0. The summed E-state index contributed by atoms with van der Waals surface area (Å²) in [7, 11) is 0. The minimum atomic E-state index is -0.0583. The van der Waals surface area contributed by atoms with E-state index in [2.05, 4.69) is 5.32 Å². The van der Waals surface area contributed by atoms with Crippen LogP contribution in [0, 0.1) is 5.92 Å². The van der Waals surface area contributed by atoms with Crippen LogP contribution in [0.3, 0.4) is 0 Å². The maximum atomic E-state index is 11.9. The molecule has 86 valence electrons. The molecular weight excluding hydrogens is 212 g/mol. The lowest BCUT2D eigenvalue weighted by molar-refractivity contribution is -0.134. The van der Waals surface area contributed by atoms with Crippen LogP contribution >= 0.6 is 11.8 Å². The molecule has 0 aromatic carbocycles. The number of nitrogens with zero attached hydrogens (tertiary/aromatic N) is 1. The lowest BCUT2D eigenvalue weighted by atomic mass is 10.2. The first-order valence-electron chi connectivity index (χ1n) is 5.24. The van der Waals surface area contributed by atoms with Crippen LogP contribution < -0.4 is 5.32 Å². The molecule has 1 saturated heterocycles. The van der Waals surface area contributed by atoms with Gasteiger partial charge in [0.1, 0.15) is 0 Å². The fraction of sp³-hybridized carbons (Fsp3) is 0.800. The van der Waals surface area contributed by atoms with Gasteiger partial charge < -0.3 is 10.2 Å². The Bertz CT molecular complexity index is 240. The second kappa shape index (κ2) is 6.12. The van der Waals surface area contributed by atoms with E-state index in [1.54, 1.807) is 0 Å². The highest BCUT2D eigenvalue weighted by atomic mass is 32.2. The molecule has 0 spiro atoms. The Morgan fingerprint density at radius 2 is 2.00 bits per heavy atom. The van der Waals surface area contributed by atoms with Crippen molar-refractivity contribution < 1.29 is 9.59 Å². The molecular formula is C10H18N2O2S. The molecule has 15 heavy (non-hydrogen) atoms. The van der Waals surface area contributed by atoms with Crippen LogP contribution in [-0.2, 0) is 9.59 Å². The van der Waals surface area contributed by atoms with Crippen molar-refractivity contribution >= 4 is 22.8 Å². The van der Waals surface area contributed by atoms with E-state index in [9.17, 15) is 9.59 Å². The maximum Gasteiger partial charge on any atom is 0.226 e. The highest BCUT2D eigenvalue weighted by Crippen LogP contribution is 2.12. The minimum Gasteiger partial charge on any atom is -0.340 e. The average Bonchev–Trinajstić information content (AvgIpc) is 2.26. The summed E-state index contributed by atoms with van der Waals surface area (Å²) in [4.78, 5) is 24.5. The van der Waals surface area contributed by atoms with Crippen molar-refractivity contribution in [1.29, 1.82) is 0 Å². The SMILES string of the molecule is CC(=O)SCC(C)C(=O)N1CCNCC1. The molecule has 1 fully saturated rings. The number of carbonyl (C=O) groups is 2. The molecule has 0 aromatic rings. The lowest BCUT2D eigenvalue weighted by Gasteiger charge is -2.29. The van der Waals surface area contributed by atoms with Crippen LogP contribution in [0.25, 0.3) is 0 Å². The smallest absolute Gasteiger partial charge is 0.226 e. The van der Waals surface area contributed by atoms with Gasteiger partial charge >= 0.3 is 0 Å². The second-order valence-electron chi connectivity index (χ2n) is 3.78. The normalized spacial score (nSPS) is 18.7. The van der Waals surface area contributed by atoms with Crippen molar-refractivity contribution in [3.63, 3.8) is 0 Å². The van der Waals surface area contributed by atoms with Gasteiger partial charge in [0.2, 0.25) is 5.91 Å². The standard InChI is InChI=1S/C10H18N2O2S/c1-8(7-15-9(2)13)10(14)12-5-3-11-4-6-12/h8,11H,3-7H2,1-2H3. The third kappa shape index (κ3) is 4.22. The Labute approximate surface area is 94.8 Å². The molecule has 1 atom stereocenters. The molecule has 0 saturated carbocycles. The molecule has 1 heterocycles. The van der Waals surface area contributed by atoms with Crippen molar-refractivity contribution in [2.45, 2.75) is 13.8 Å². The molecule has 4 nitrogen and oxygen atoms in total. The largest absolute Gasteiger partial charge is 0.340 e. The summed E-state index contributed by atoms with van der Waals surface area (Å²) in [6.07, 6.45) is 0. The van der Waals surface area contributed by atoms with Gasteiger partial charge in [0, 0.05) is 44.8 Å². The number of amides is 1. The van der Waals surface area contributed by atoms with Crippen LogP contribution in [0.15, 0.2) is 0 Å². The summed E-state index contributed by atoms with van der Waals surface area (Å²) < 4.78 is 0. The molecule has 1 aliphatic heterocycles. The third-order valence-electron chi connectivity index (χ3n) is 2.39. The first-order chi connectivity index (χ1) is 7.11. The van der Waals surface area contributed by atoms with E-state index in [0.29, 0.717) is 5.75 Å². The number of piperazine rings is 1. The Morgan fingerprint density at radius 1 is 1.40 bits per heavy atom. The van der Waals surface area contributed by atoms with Gasteiger partial charge in [-0.15, -0.1) is 0 Å². The first kappa shape index (κ1) is 12.5. The Kier molecular flexibility index (Phi) is 5.11. The molecule has 0 aliphatic carbocycles. The average molecular weight is 230 g/mol. The number of rotatable bonds is 3. The van der Waals surface area contributed by atoms with Crippen LogP contribution in [0.5, 0.6) is 0 Å². The summed E-state index contributed by atoms with van der Waals surface area (Å²) in [5, 5.41) is 3.28. The number of nitrogens with one attached hydrogen (secondary N) is 1. The fourth-order valence-electron chi connectivity index (χ4n) is 1.51. The van der Waals surface area contributed by atoms with Gasteiger partial charge in [-0.1, -0.05) is 18.7 Å². The van der Waals surface area contributed by atoms with Gasteiger partial charge in [0.05, 0.1) is 0 Å². The Balaban J connectivity index is 2.33. The summed E-state index contributed by atoms with van der Waals surface area (Å²) in [6.45, 7) is 6.74. The number of carbonyl (C=O) groups excluding carboxylic acids is 2. The van der Waals surface area contributed by atoms with E-state index in [0.717, 1.165) is 26.2 Å². The highest BCUT2D eigenvalue weighted by molar-refractivity contribution is 8.13. The van der Waals surface area contributed by atoms with Gasteiger partial charge in [0.15, 0.2) is 5.12 Å². The van der Waals surface area contributed by atoms with E-state index >= 15 is 0 Å². The molecule has 1 aliphatic rings. The van der Waals surface area contributed by atoms with Gasteiger partial charge in [-0.05, 0) is 0 Å². The summed E-state index contributed by atoms with van der Waals surface area (Å²) >= 11 is 1.23. The Hall–Kier alpha value is -0.550. The van der Waals surface area contributed by atoms with Crippen molar-refractivity contribution in [2.75, 3.05) is 31.9 Å². The second-order valence-corrected chi connectivity index (χ2v) is 4.98. The number of thioether (sulfide) groups is 1. The summed E-state index contributed by atoms with van der Waals surface area (Å²) in [5.41, 5.74) is 0. The molecule has 0 bridgehead atoms. The van der Waals surface area contributed by atoms with Gasteiger partial charge in [-0.3, -0.25) is 9.59 Å². The highest BCUT2D eigenvalue weighted by Gasteiger charge is 2.22. The van der Waals surface area contributed by atoms with Crippen LogP contribution in [0.2, 0.25) is 0 Å². The predicted octanol–water partition coefficient (Wildman–Crippen LogP) is 0.334. The molecule has 1 amide bonds. The van der Waals surface area contributed by atoms with Gasteiger partial charge in [-0.2, -0.15) is 0 Å². The predicted molar refractivity (Wildman–Crippen MR) is 61.8 cm³/mol. The zero-order chi connectivity index (χ0) is 11.3. The van der Waals surface area contributed by atoms with Crippen molar-refractivity contribution in [1.82, 2.24) is 10.2 Å². The van der Waals surface area contributed by atoms with Crippen molar-refractivity contribution in [3.05, 3.63) is 0 Å². The zero-order valence-corrected chi connectivity index (χ0v) is 10.1. The number of hydrogen-bond donors (Lipinski definition) is 1. The van der Waals surface area contributed by atoms with E-state index in [1.165, 1.54) is 18.7 Å². The summed E-state index contributed by atoms with van der Waals surface area (Å²) in [5.74, 6) is 0.709. The maximum absolute atomic E-state index is 11.9. The molecule has 1 unspecified atom stereocenters. The monoisotopic (exact) mass is 230 g/mol. The van der Waals surface area contributed by atoms with E-state index in [-0.39, 0.29) is 16.9 Å². The van der Waals surface area contributed by atoms with E-state index < -0.39 is 0 Å². The quantitative estimate of drug-likeness (QED) is 0.759. The van der Waals surface area contributed by atoms with Gasteiger partial charge in [0.25, 0.3) is 0 Å². The Morgan fingerprint density at radius 3 is 2.53 bits per heavy atom. The number of hydrogen-bond acceptors (Lipinski definition) is 4. The molecule has 0 aromatic heterocycles. The van der Waals surface area contributed by atoms with Crippen molar-refractivity contribution in [3.8, 4) is 0 Å². The molecule has 0 radical (unpaired) electrons. The topological polar surface area (TPSA) is 49.4 Å². The zero-order valence-electron chi connectivity index (χ0n) is 9.28. The minimum absolute atomic E-state index is 0.0583. The van der Waals surface area contributed by atoms with E-state index in [4.69, 9.17) is 0 Å². The molecule has 1 N–H and O–H groups in total. The van der Waals surface area contributed by atoms with Crippen LogP contribution in [0.1, 0.15) is 13.8 Å². The van der Waals surface area contributed by atoms with Gasteiger partial charge in [-0.25, -0.2) is 0 Å². The first-order valence-corrected chi connectivity index (χ1v) is 6.22. The molecule has 1 rings (SSSR count). The van der Waals surface area contributed by atoms with Crippen LogP contribution in [-0.4, -0.2) is 47.9 Å². The lowest BCUT2D eigenvalue weighted by Crippen LogP contribution is -2.48. The molecule has 5 heteroatoms. The third-order valence-corrected chi connectivity index (χ3v) is 3.46.